The average molecular weight is 271 g/mol. The lowest BCUT2D eigenvalue weighted by molar-refractivity contribution is 0.188. The highest BCUT2D eigenvalue weighted by atomic mass is 16.1. The van der Waals surface area contributed by atoms with Crippen LogP contribution in [0.2, 0.25) is 0 Å². The Hall–Kier alpha value is -1.68. The van der Waals surface area contributed by atoms with E-state index in [0.717, 1.165) is 23.7 Å². The van der Waals surface area contributed by atoms with Crippen LogP contribution in [0.15, 0.2) is 35.3 Å². The Morgan fingerprint density at radius 3 is 2.95 bits per heavy atom. The summed E-state index contributed by atoms with van der Waals surface area (Å²) in [5, 5.41) is 5.16. The van der Waals surface area contributed by atoms with Crippen molar-refractivity contribution in [3.8, 4) is 0 Å². The molecule has 20 heavy (non-hydrogen) atoms. The molecule has 1 heterocycles. The summed E-state index contributed by atoms with van der Waals surface area (Å²) in [6.45, 7) is 2.96. The van der Waals surface area contributed by atoms with E-state index in [1.807, 2.05) is 28.9 Å². The molecule has 3 unspecified atom stereocenters. The van der Waals surface area contributed by atoms with E-state index in [-0.39, 0.29) is 5.43 Å². The topological polar surface area (TPSA) is 60.9 Å². The Balaban J connectivity index is 2.13. The molecule has 1 saturated carbocycles. The number of nitrogens with zero attached hydrogens (tertiary/aromatic N) is 2. The van der Waals surface area contributed by atoms with Crippen LogP contribution in [-0.4, -0.2) is 16.3 Å². The van der Waals surface area contributed by atoms with E-state index in [0.29, 0.717) is 24.4 Å². The van der Waals surface area contributed by atoms with Gasteiger partial charge in [-0.25, -0.2) is 0 Å². The monoisotopic (exact) mass is 271 g/mol. The van der Waals surface area contributed by atoms with Crippen molar-refractivity contribution in [2.75, 3.05) is 6.54 Å². The lowest BCUT2D eigenvalue weighted by atomic mass is 9.79. The van der Waals surface area contributed by atoms with Crippen molar-refractivity contribution >= 4 is 10.9 Å². The first-order valence-electron chi connectivity index (χ1n) is 7.37. The largest absolute Gasteiger partial charge is 0.330 e. The van der Waals surface area contributed by atoms with Gasteiger partial charge < -0.3 is 5.73 Å². The van der Waals surface area contributed by atoms with Crippen LogP contribution in [0.4, 0.5) is 0 Å². The van der Waals surface area contributed by atoms with Crippen LogP contribution < -0.4 is 11.2 Å². The Morgan fingerprint density at radius 2 is 2.15 bits per heavy atom. The highest BCUT2D eigenvalue weighted by Gasteiger charge is 2.30. The number of fused-ring (bicyclic) bond motifs is 1. The van der Waals surface area contributed by atoms with Crippen LogP contribution >= 0.6 is 0 Å². The van der Waals surface area contributed by atoms with Gasteiger partial charge in [0.1, 0.15) is 0 Å². The van der Waals surface area contributed by atoms with Crippen LogP contribution in [0.5, 0.6) is 0 Å². The Morgan fingerprint density at radius 1 is 1.35 bits per heavy atom. The zero-order chi connectivity index (χ0) is 14.1. The standard InChI is InChI=1S/C16H21N3O/c1-11-6-7-12(9-17)15(8-11)19-14-5-3-2-4-13(14)16(20)10-18-19/h2-5,10-12,15H,6-9,17H2,1H3. The minimum Gasteiger partial charge on any atom is -0.330 e. The highest BCUT2D eigenvalue weighted by Crippen LogP contribution is 2.37. The molecule has 2 N–H and O–H groups in total. The van der Waals surface area contributed by atoms with Crippen molar-refractivity contribution in [2.24, 2.45) is 17.6 Å². The van der Waals surface area contributed by atoms with Gasteiger partial charge >= 0.3 is 0 Å². The molecular weight excluding hydrogens is 250 g/mol. The SMILES string of the molecule is CC1CCC(CN)C(n2ncc(=O)c3ccccc32)C1. The predicted octanol–water partition coefficient (Wildman–Crippen LogP) is 2.33. The van der Waals surface area contributed by atoms with E-state index < -0.39 is 0 Å². The van der Waals surface area contributed by atoms with Crippen LogP contribution in [0.3, 0.4) is 0 Å². The lowest BCUT2D eigenvalue weighted by Crippen LogP contribution is -2.33. The van der Waals surface area contributed by atoms with Crippen LogP contribution in [0, 0.1) is 11.8 Å². The third-order valence-corrected chi connectivity index (χ3v) is 4.55. The van der Waals surface area contributed by atoms with Gasteiger partial charge in [0, 0.05) is 5.39 Å². The second-order valence-corrected chi connectivity index (χ2v) is 5.95. The second-order valence-electron chi connectivity index (χ2n) is 5.95. The molecular formula is C16H21N3O. The first kappa shape index (κ1) is 13.3. The third-order valence-electron chi connectivity index (χ3n) is 4.55. The molecule has 0 radical (unpaired) electrons. The lowest BCUT2D eigenvalue weighted by Gasteiger charge is -2.35. The first-order chi connectivity index (χ1) is 9.70. The third kappa shape index (κ3) is 2.24. The molecule has 1 fully saturated rings. The summed E-state index contributed by atoms with van der Waals surface area (Å²) >= 11 is 0. The molecule has 1 aliphatic carbocycles. The molecule has 1 aromatic carbocycles. The molecule has 3 atom stereocenters. The first-order valence-corrected chi connectivity index (χ1v) is 7.37. The van der Waals surface area contributed by atoms with E-state index in [9.17, 15) is 4.79 Å². The Kier molecular flexibility index (Phi) is 3.57. The summed E-state index contributed by atoms with van der Waals surface area (Å²) in [4.78, 5) is 11.9. The zero-order valence-corrected chi connectivity index (χ0v) is 11.8. The van der Waals surface area contributed by atoms with Gasteiger partial charge in [-0.3, -0.25) is 9.48 Å². The van der Waals surface area contributed by atoms with Gasteiger partial charge in [0.05, 0.1) is 17.8 Å². The van der Waals surface area contributed by atoms with Gasteiger partial charge in [0.25, 0.3) is 0 Å². The Bertz CT molecular complexity index is 664. The average Bonchev–Trinajstić information content (AvgIpc) is 2.48. The second kappa shape index (κ2) is 5.37. The molecule has 0 spiro atoms. The van der Waals surface area contributed by atoms with E-state index in [4.69, 9.17) is 5.73 Å². The highest BCUT2D eigenvalue weighted by molar-refractivity contribution is 5.78. The maximum Gasteiger partial charge on any atom is 0.207 e. The number of para-hydroxylation sites is 1. The summed E-state index contributed by atoms with van der Waals surface area (Å²) in [5.41, 5.74) is 6.87. The quantitative estimate of drug-likeness (QED) is 0.912. The van der Waals surface area contributed by atoms with Crippen LogP contribution in [-0.2, 0) is 0 Å². The maximum absolute atomic E-state index is 11.9. The van der Waals surface area contributed by atoms with E-state index in [1.165, 1.54) is 12.6 Å². The van der Waals surface area contributed by atoms with Gasteiger partial charge in [-0.1, -0.05) is 25.5 Å². The molecule has 106 valence electrons. The number of benzene rings is 1. The molecule has 3 rings (SSSR count). The molecule has 0 amide bonds. The number of aromatic nitrogens is 2. The fourth-order valence-corrected chi connectivity index (χ4v) is 3.38. The minimum atomic E-state index is -0.00925. The van der Waals surface area contributed by atoms with Gasteiger partial charge in [-0.2, -0.15) is 5.10 Å². The van der Waals surface area contributed by atoms with Crippen molar-refractivity contribution in [3.05, 3.63) is 40.7 Å². The smallest absolute Gasteiger partial charge is 0.207 e. The van der Waals surface area contributed by atoms with Crippen molar-refractivity contribution < 1.29 is 0 Å². The molecule has 2 aromatic rings. The summed E-state index contributed by atoms with van der Waals surface area (Å²) < 4.78 is 2.03. The molecule has 1 aliphatic rings. The van der Waals surface area contributed by atoms with Crippen molar-refractivity contribution in [2.45, 2.75) is 32.2 Å². The van der Waals surface area contributed by atoms with Gasteiger partial charge in [0.15, 0.2) is 0 Å². The minimum absolute atomic E-state index is 0.00925. The fourth-order valence-electron chi connectivity index (χ4n) is 3.38. The van der Waals surface area contributed by atoms with Crippen LogP contribution in [0.25, 0.3) is 10.9 Å². The number of hydrogen-bond donors (Lipinski definition) is 1. The van der Waals surface area contributed by atoms with E-state index >= 15 is 0 Å². The zero-order valence-electron chi connectivity index (χ0n) is 11.8. The predicted molar refractivity (Wildman–Crippen MR) is 80.6 cm³/mol. The molecule has 0 saturated heterocycles. The fraction of sp³-hybridized carbons (Fsp3) is 0.500. The van der Waals surface area contributed by atoms with Crippen molar-refractivity contribution in [3.63, 3.8) is 0 Å². The molecule has 0 bridgehead atoms. The Labute approximate surface area is 118 Å². The van der Waals surface area contributed by atoms with Gasteiger partial charge in [-0.05, 0) is 43.4 Å². The van der Waals surface area contributed by atoms with Gasteiger partial charge in [-0.15, -0.1) is 0 Å². The number of hydrogen-bond acceptors (Lipinski definition) is 3. The summed E-state index contributed by atoms with van der Waals surface area (Å²) in [5.74, 6) is 1.13. The van der Waals surface area contributed by atoms with Crippen molar-refractivity contribution in [1.29, 1.82) is 0 Å². The van der Waals surface area contributed by atoms with Crippen LogP contribution in [0.1, 0.15) is 32.2 Å². The summed E-state index contributed by atoms with van der Waals surface area (Å²) in [6, 6.07) is 8.02. The number of rotatable bonds is 2. The summed E-state index contributed by atoms with van der Waals surface area (Å²) in [6.07, 6.45) is 4.90. The van der Waals surface area contributed by atoms with Gasteiger partial charge in [0.2, 0.25) is 5.43 Å². The van der Waals surface area contributed by atoms with E-state index in [1.54, 1.807) is 0 Å². The molecule has 0 aliphatic heterocycles. The normalized spacial score (nSPS) is 26.8. The molecule has 4 heteroatoms. The number of nitrogens with two attached hydrogens (primary N) is 1. The summed E-state index contributed by atoms with van der Waals surface area (Å²) in [7, 11) is 0. The maximum atomic E-state index is 11.9. The molecule has 1 aromatic heterocycles. The van der Waals surface area contributed by atoms with E-state index in [2.05, 4.69) is 12.0 Å². The molecule has 4 nitrogen and oxygen atoms in total. The van der Waals surface area contributed by atoms with Crippen molar-refractivity contribution in [1.82, 2.24) is 9.78 Å².